The lowest BCUT2D eigenvalue weighted by molar-refractivity contribution is 0.386. The molecule has 0 saturated heterocycles. The van der Waals surface area contributed by atoms with E-state index in [1.165, 1.54) is 13.2 Å². The summed E-state index contributed by atoms with van der Waals surface area (Å²) in [6.07, 6.45) is 3.75. The van der Waals surface area contributed by atoms with Crippen molar-refractivity contribution in [1.29, 1.82) is 0 Å². The largest absolute Gasteiger partial charge is 0.494 e. The van der Waals surface area contributed by atoms with Gasteiger partial charge in [-0.2, -0.15) is 0 Å². The molecule has 1 aromatic rings. The van der Waals surface area contributed by atoms with Crippen LogP contribution in [-0.2, 0) is 0 Å². The summed E-state index contributed by atoms with van der Waals surface area (Å²) in [5.41, 5.74) is 0.831. The maximum atomic E-state index is 13.1. The number of benzene rings is 1. The van der Waals surface area contributed by atoms with E-state index in [4.69, 9.17) is 4.74 Å². The molecule has 1 rings (SSSR count). The second-order valence-electron chi connectivity index (χ2n) is 2.45. The molecular formula is C10H10BrFO. The molecule has 70 valence electrons. The summed E-state index contributed by atoms with van der Waals surface area (Å²) in [7, 11) is 1.45. The van der Waals surface area contributed by atoms with Crippen LogP contribution in [0.5, 0.6) is 5.75 Å². The highest BCUT2D eigenvalue weighted by atomic mass is 79.9. The summed E-state index contributed by atoms with van der Waals surface area (Å²) in [5.74, 6) is -0.0600. The van der Waals surface area contributed by atoms with Crippen molar-refractivity contribution < 1.29 is 9.13 Å². The van der Waals surface area contributed by atoms with E-state index in [9.17, 15) is 4.39 Å². The van der Waals surface area contributed by atoms with E-state index in [-0.39, 0.29) is 11.6 Å². The highest BCUT2D eigenvalue weighted by molar-refractivity contribution is 9.09. The molecule has 1 nitrogen and oxygen atoms in total. The number of hydrogen-bond donors (Lipinski definition) is 0. The van der Waals surface area contributed by atoms with Crippen molar-refractivity contribution in [1.82, 2.24) is 0 Å². The van der Waals surface area contributed by atoms with Crippen molar-refractivity contribution in [3.05, 3.63) is 35.7 Å². The minimum atomic E-state index is -0.334. The Bertz CT molecular complexity index is 310. The fourth-order valence-corrected chi connectivity index (χ4v) is 1.15. The second kappa shape index (κ2) is 5.02. The van der Waals surface area contributed by atoms with Crippen molar-refractivity contribution in [3.63, 3.8) is 0 Å². The Morgan fingerprint density at radius 3 is 2.85 bits per heavy atom. The van der Waals surface area contributed by atoms with Crippen LogP contribution in [-0.4, -0.2) is 12.4 Å². The van der Waals surface area contributed by atoms with E-state index in [0.29, 0.717) is 0 Å². The van der Waals surface area contributed by atoms with E-state index in [1.54, 1.807) is 12.1 Å². The lowest BCUT2D eigenvalue weighted by Gasteiger charge is -2.01. The molecule has 0 heterocycles. The highest BCUT2D eigenvalue weighted by Crippen LogP contribution is 2.18. The van der Waals surface area contributed by atoms with Crippen molar-refractivity contribution in [2.24, 2.45) is 0 Å². The zero-order valence-corrected chi connectivity index (χ0v) is 8.84. The van der Waals surface area contributed by atoms with E-state index >= 15 is 0 Å². The van der Waals surface area contributed by atoms with E-state index in [1.807, 2.05) is 12.2 Å². The maximum Gasteiger partial charge on any atom is 0.165 e. The lowest BCUT2D eigenvalue weighted by Crippen LogP contribution is -1.87. The van der Waals surface area contributed by atoms with Crippen LogP contribution >= 0.6 is 15.9 Å². The third-order valence-corrected chi connectivity index (χ3v) is 1.95. The Labute approximate surface area is 85.3 Å². The zero-order valence-electron chi connectivity index (χ0n) is 7.26. The van der Waals surface area contributed by atoms with Gasteiger partial charge in [0.25, 0.3) is 0 Å². The first-order valence-electron chi connectivity index (χ1n) is 3.84. The van der Waals surface area contributed by atoms with Gasteiger partial charge in [0.15, 0.2) is 11.6 Å². The Morgan fingerprint density at radius 2 is 2.31 bits per heavy atom. The molecule has 0 N–H and O–H groups in total. The van der Waals surface area contributed by atoms with Crippen molar-refractivity contribution in [3.8, 4) is 5.75 Å². The average molecular weight is 245 g/mol. The summed E-state index contributed by atoms with van der Waals surface area (Å²) in [4.78, 5) is 0. The normalized spacial score (nSPS) is 10.7. The van der Waals surface area contributed by atoms with Gasteiger partial charge in [-0.05, 0) is 17.7 Å². The molecule has 0 fully saturated rings. The molecule has 0 amide bonds. The smallest absolute Gasteiger partial charge is 0.165 e. The quantitative estimate of drug-likeness (QED) is 0.743. The van der Waals surface area contributed by atoms with Crippen LogP contribution < -0.4 is 4.74 Å². The second-order valence-corrected chi connectivity index (χ2v) is 3.10. The van der Waals surface area contributed by atoms with Gasteiger partial charge in [0.05, 0.1) is 7.11 Å². The summed E-state index contributed by atoms with van der Waals surface area (Å²) >= 11 is 3.25. The van der Waals surface area contributed by atoms with Crippen molar-refractivity contribution in [2.45, 2.75) is 0 Å². The minimum absolute atomic E-state index is 0.274. The van der Waals surface area contributed by atoms with Crippen LogP contribution in [0.1, 0.15) is 5.56 Å². The van der Waals surface area contributed by atoms with Crippen LogP contribution in [0.3, 0.4) is 0 Å². The van der Waals surface area contributed by atoms with Crippen LogP contribution in [0.15, 0.2) is 24.3 Å². The van der Waals surface area contributed by atoms with E-state index in [0.717, 1.165) is 10.9 Å². The molecule has 0 bridgehead atoms. The van der Waals surface area contributed by atoms with Gasteiger partial charge >= 0.3 is 0 Å². The topological polar surface area (TPSA) is 9.23 Å². The number of halogens is 2. The molecule has 0 aliphatic heterocycles. The Balaban J connectivity index is 2.89. The zero-order chi connectivity index (χ0) is 9.68. The highest BCUT2D eigenvalue weighted by Gasteiger charge is 2.00. The van der Waals surface area contributed by atoms with Gasteiger partial charge in [0, 0.05) is 5.33 Å². The molecule has 0 saturated carbocycles. The van der Waals surface area contributed by atoms with Gasteiger partial charge in [-0.3, -0.25) is 0 Å². The summed E-state index contributed by atoms with van der Waals surface area (Å²) < 4.78 is 17.9. The molecule has 0 radical (unpaired) electrons. The van der Waals surface area contributed by atoms with Crippen LogP contribution in [0.25, 0.3) is 6.08 Å². The number of allylic oxidation sites excluding steroid dienone is 1. The summed E-state index contributed by atoms with van der Waals surface area (Å²) in [6, 6.07) is 4.86. The van der Waals surface area contributed by atoms with Gasteiger partial charge in [-0.25, -0.2) is 4.39 Å². The predicted molar refractivity (Wildman–Crippen MR) is 55.8 cm³/mol. The van der Waals surface area contributed by atoms with Crippen molar-refractivity contribution in [2.75, 3.05) is 12.4 Å². The number of ether oxygens (including phenoxy) is 1. The Hall–Kier alpha value is -0.830. The molecule has 0 aliphatic rings. The first-order valence-corrected chi connectivity index (χ1v) is 4.96. The molecule has 1 aromatic carbocycles. The third-order valence-electron chi connectivity index (χ3n) is 1.58. The first kappa shape index (κ1) is 10.3. The van der Waals surface area contributed by atoms with Crippen LogP contribution in [0.4, 0.5) is 4.39 Å². The van der Waals surface area contributed by atoms with Crippen molar-refractivity contribution >= 4 is 22.0 Å². The van der Waals surface area contributed by atoms with Gasteiger partial charge in [0.1, 0.15) is 0 Å². The lowest BCUT2D eigenvalue weighted by atomic mass is 10.2. The molecule has 0 spiro atoms. The number of hydrogen-bond acceptors (Lipinski definition) is 1. The van der Waals surface area contributed by atoms with Crippen LogP contribution in [0, 0.1) is 5.82 Å². The Morgan fingerprint density at radius 1 is 1.54 bits per heavy atom. The molecular weight excluding hydrogens is 235 g/mol. The SMILES string of the molecule is COc1ccc(C=CCBr)cc1F. The summed E-state index contributed by atoms with van der Waals surface area (Å²) in [5, 5.41) is 0.765. The molecule has 0 aromatic heterocycles. The number of methoxy groups -OCH3 is 1. The number of rotatable bonds is 3. The first-order chi connectivity index (χ1) is 6.27. The van der Waals surface area contributed by atoms with Gasteiger partial charge in [-0.15, -0.1) is 0 Å². The predicted octanol–water partition coefficient (Wildman–Crippen LogP) is 3.24. The van der Waals surface area contributed by atoms with E-state index in [2.05, 4.69) is 15.9 Å². The van der Waals surface area contributed by atoms with Crippen LogP contribution in [0.2, 0.25) is 0 Å². The van der Waals surface area contributed by atoms with E-state index < -0.39 is 0 Å². The fourth-order valence-electron chi connectivity index (χ4n) is 0.967. The fraction of sp³-hybridized carbons (Fsp3) is 0.200. The van der Waals surface area contributed by atoms with Gasteiger partial charge in [0.2, 0.25) is 0 Å². The molecule has 0 aliphatic carbocycles. The van der Waals surface area contributed by atoms with Gasteiger partial charge < -0.3 is 4.74 Å². The molecule has 0 unspecified atom stereocenters. The molecule has 3 heteroatoms. The Kier molecular flexibility index (Phi) is 3.96. The monoisotopic (exact) mass is 244 g/mol. The van der Waals surface area contributed by atoms with Gasteiger partial charge in [-0.1, -0.05) is 34.1 Å². The minimum Gasteiger partial charge on any atom is -0.494 e. The number of alkyl halides is 1. The molecule has 13 heavy (non-hydrogen) atoms. The average Bonchev–Trinajstić information content (AvgIpc) is 2.15. The maximum absolute atomic E-state index is 13.1. The molecule has 0 atom stereocenters. The third kappa shape index (κ3) is 2.84. The standard InChI is InChI=1S/C10H10BrFO/c1-13-10-5-4-8(3-2-6-11)7-9(10)12/h2-5,7H,6H2,1H3. The summed E-state index contributed by atoms with van der Waals surface area (Å²) in [6.45, 7) is 0.